The minimum absolute atomic E-state index is 0.255. The van der Waals surface area contributed by atoms with Crippen molar-refractivity contribution in [1.82, 2.24) is 5.32 Å². The predicted molar refractivity (Wildman–Crippen MR) is 32.8 cm³/mol. The number of alkyl carbamates (subject to hydrolysis) is 1. The Balaban J connectivity index is 2.71. The van der Waals surface area contributed by atoms with E-state index < -0.39 is 0 Å². The smallest absolute Gasteiger partial charge is 0.412 e. The molecule has 50 valence electrons. The molecule has 0 spiro atoms. The first kappa shape index (κ1) is 6.13. The van der Waals surface area contributed by atoms with Crippen LogP contribution >= 0.6 is 0 Å². The highest BCUT2D eigenvalue weighted by molar-refractivity contribution is 5.70. The molecule has 3 heteroatoms. The molecular weight excluding hydrogens is 118 g/mol. The van der Waals surface area contributed by atoms with Crippen LogP contribution in [0.4, 0.5) is 4.79 Å². The quantitative estimate of drug-likeness (QED) is 0.527. The van der Waals surface area contributed by atoms with E-state index in [9.17, 15) is 4.79 Å². The van der Waals surface area contributed by atoms with Crippen LogP contribution in [0.25, 0.3) is 0 Å². The SMILES string of the molecule is CC1(C)C=COC(=O)N1. The first-order chi connectivity index (χ1) is 4.10. The summed E-state index contributed by atoms with van der Waals surface area (Å²) < 4.78 is 4.48. The van der Waals surface area contributed by atoms with Crippen molar-refractivity contribution >= 4 is 6.09 Å². The van der Waals surface area contributed by atoms with Gasteiger partial charge in [0.15, 0.2) is 0 Å². The van der Waals surface area contributed by atoms with E-state index in [0.29, 0.717) is 0 Å². The molecule has 0 radical (unpaired) electrons. The topological polar surface area (TPSA) is 38.3 Å². The summed E-state index contributed by atoms with van der Waals surface area (Å²) in [4.78, 5) is 10.5. The van der Waals surface area contributed by atoms with Gasteiger partial charge in [-0.25, -0.2) is 4.79 Å². The summed E-state index contributed by atoms with van der Waals surface area (Å²) in [5.74, 6) is 0. The first-order valence-corrected chi connectivity index (χ1v) is 2.77. The van der Waals surface area contributed by atoms with Crippen LogP contribution in [0.1, 0.15) is 13.8 Å². The molecule has 1 heterocycles. The highest BCUT2D eigenvalue weighted by Gasteiger charge is 2.20. The average Bonchev–Trinajstić information content (AvgIpc) is 1.60. The Morgan fingerprint density at radius 3 is 2.67 bits per heavy atom. The standard InChI is InChI=1S/C6H9NO2/c1-6(2)3-4-9-5(8)7-6/h3-4H,1-2H3,(H,7,8). The first-order valence-electron chi connectivity index (χ1n) is 2.77. The van der Waals surface area contributed by atoms with Gasteiger partial charge in [0.1, 0.15) is 0 Å². The fraction of sp³-hybridized carbons (Fsp3) is 0.500. The molecule has 1 N–H and O–H groups in total. The molecule has 0 unspecified atom stereocenters. The maximum Gasteiger partial charge on any atom is 0.412 e. The van der Waals surface area contributed by atoms with E-state index >= 15 is 0 Å². The number of hydrogen-bond donors (Lipinski definition) is 1. The third kappa shape index (κ3) is 1.45. The van der Waals surface area contributed by atoms with Gasteiger partial charge in [-0.05, 0) is 19.9 Å². The van der Waals surface area contributed by atoms with Crippen molar-refractivity contribution < 1.29 is 9.53 Å². The summed E-state index contributed by atoms with van der Waals surface area (Å²) in [7, 11) is 0. The van der Waals surface area contributed by atoms with Crippen LogP contribution < -0.4 is 5.32 Å². The number of amides is 1. The van der Waals surface area contributed by atoms with E-state index in [1.54, 1.807) is 6.08 Å². The zero-order valence-corrected chi connectivity index (χ0v) is 5.47. The van der Waals surface area contributed by atoms with Gasteiger partial charge in [0.25, 0.3) is 0 Å². The average molecular weight is 127 g/mol. The van der Waals surface area contributed by atoms with Crippen molar-refractivity contribution in [3.8, 4) is 0 Å². The van der Waals surface area contributed by atoms with Gasteiger partial charge in [-0.1, -0.05) is 0 Å². The van der Waals surface area contributed by atoms with E-state index in [2.05, 4.69) is 10.1 Å². The van der Waals surface area contributed by atoms with E-state index in [1.165, 1.54) is 6.26 Å². The lowest BCUT2D eigenvalue weighted by molar-refractivity contribution is 0.170. The second-order valence-corrected chi connectivity index (χ2v) is 2.55. The molecule has 0 atom stereocenters. The highest BCUT2D eigenvalue weighted by Crippen LogP contribution is 2.08. The Morgan fingerprint density at radius 2 is 2.33 bits per heavy atom. The van der Waals surface area contributed by atoms with E-state index in [4.69, 9.17) is 0 Å². The fourth-order valence-corrected chi connectivity index (χ4v) is 0.600. The molecule has 9 heavy (non-hydrogen) atoms. The summed E-state index contributed by atoms with van der Waals surface area (Å²) in [5.41, 5.74) is -0.255. The summed E-state index contributed by atoms with van der Waals surface area (Å²) in [5, 5.41) is 2.61. The Labute approximate surface area is 53.7 Å². The number of carbonyl (C=O) groups excluding carboxylic acids is 1. The molecule has 0 saturated carbocycles. The van der Waals surface area contributed by atoms with Crippen molar-refractivity contribution in [2.24, 2.45) is 0 Å². The molecule has 0 aromatic carbocycles. The summed E-state index contributed by atoms with van der Waals surface area (Å²) in [6, 6.07) is 0. The van der Waals surface area contributed by atoms with Crippen molar-refractivity contribution in [3.63, 3.8) is 0 Å². The lowest BCUT2D eigenvalue weighted by atomic mass is 10.1. The van der Waals surface area contributed by atoms with Gasteiger partial charge in [0.2, 0.25) is 0 Å². The molecule has 0 aromatic rings. The molecule has 0 fully saturated rings. The molecule has 1 rings (SSSR count). The van der Waals surface area contributed by atoms with Crippen LogP contribution in [-0.4, -0.2) is 11.6 Å². The number of rotatable bonds is 0. The van der Waals surface area contributed by atoms with Crippen LogP contribution in [0.5, 0.6) is 0 Å². The van der Waals surface area contributed by atoms with Gasteiger partial charge in [0.05, 0.1) is 11.8 Å². The molecule has 1 aliphatic rings. The second kappa shape index (κ2) is 1.76. The third-order valence-corrected chi connectivity index (χ3v) is 1.08. The summed E-state index contributed by atoms with van der Waals surface area (Å²) in [6.45, 7) is 3.79. The normalized spacial score (nSPS) is 22.7. The van der Waals surface area contributed by atoms with Crippen LogP contribution in [-0.2, 0) is 4.74 Å². The molecule has 0 aliphatic carbocycles. The van der Waals surface area contributed by atoms with Crippen molar-refractivity contribution in [3.05, 3.63) is 12.3 Å². The summed E-state index contributed by atoms with van der Waals surface area (Å²) >= 11 is 0. The number of hydrogen-bond acceptors (Lipinski definition) is 2. The van der Waals surface area contributed by atoms with E-state index in [1.807, 2.05) is 13.8 Å². The minimum Gasteiger partial charge on any atom is -0.419 e. The lowest BCUT2D eigenvalue weighted by Crippen LogP contribution is -2.44. The largest absolute Gasteiger partial charge is 0.419 e. The van der Waals surface area contributed by atoms with Crippen LogP contribution in [0, 0.1) is 0 Å². The van der Waals surface area contributed by atoms with Crippen LogP contribution in [0.3, 0.4) is 0 Å². The predicted octanol–water partition coefficient (Wildman–Crippen LogP) is 1.02. The van der Waals surface area contributed by atoms with Crippen molar-refractivity contribution in [1.29, 1.82) is 0 Å². The van der Waals surface area contributed by atoms with Gasteiger partial charge in [-0.3, -0.25) is 0 Å². The van der Waals surface area contributed by atoms with E-state index in [0.717, 1.165) is 0 Å². The number of nitrogens with one attached hydrogen (secondary N) is 1. The zero-order chi connectivity index (χ0) is 6.91. The maximum atomic E-state index is 10.5. The highest BCUT2D eigenvalue weighted by atomic mass is 16.5. The second-order valence-electron chi connectivity index (χ2n) is 2.55. The Bertz CT molecular complexity index is 160. The van der Waals surface area contributed by atoms with Crippen LogP contribution in [0.2, 0.25) is 0 Å². The Kier molecular flexibility index (Phi) is 1.20. The van der Waals surface area contributed by atoms with Gasteiger partial charge in [0, 0.05) is 0 Å². The van der Waals surface area contributed by atoms with Gasteiger partial charge in [-0.15, -0.1) is 0 Å². The number of ether oxygens (including phenoxy) is 1. The third-order valence-electron chi connectivity index (χ3n) is 1.08. The van der Waals surface area contributed by atoms with Gasteiger partial charge in [-0.2, -0.15) is 0 Å². The molecule has 3 nitrogen and oxygen atoms in total. The Morgan fingerprint density at radius 1 is 1.67 bits per heavy atom. The molecular formula is C6H9NO2. The number of carbonyl (C=O) groups is 1. The minimum atomic E-state index is -0.387. The zero-order valence-electron chi connectivity index (χ0n) is 5.47. The molecule has 0 bridgehead atoms. The monoisotopic (exact) mass is 127 g/mol. The van der Waals surface area contributed by atoms with Crippen LogP contribution in [0.15, 0.2) is 12.3 Å². The Hall–Kier alpha value is -0.990. The lowest BCUT2D eigenvalue weighted by Gasteiger charge is -2.24. The molecule has 0 aromatic heterocycles. The van der Waals surface area contributed by atoms with Gasteiger partial charge >= 0.3 is 6.09 Å². The molecule has 1 amide bonds. The summed E-state index contributed by atoms with van der Waals surface area (Å²) in [6.07, 6.45) is 2.80. The van der Waals surface area contributed by atoms with Gasteiger partial charge < -0.3 is 10.1 Å². The fourth-order valence-electron chi connectivity index (χ4n) is 0.600. The van der Waals surface area contributed by atoms with Crippen molar-refractivity contribution in [2.75, 3.05) is 0 Å². The molecule has 0 saturated heterocycles. The maximum absolute atomic E-state index is 10.5. The number of cyclic esters (lactones) is 1. The van der Waals surface area contributed by atoms with E-state index in [-0.39, 0.29) is 11.6 Å². The van der Waals surface area contributed by atoms with Crippen molar-refractivity contribution in [2.45, 2.75) is 19.4 Å². The molecule has 1 aliphatic heterocycles.